The molecule has 0 spiro atoms. The number of esters is 1. The van der Waals surface area contributed by atoms with Crippen LogP contribution in [0.5, 0.6) is 5.75 Å². The Morgan fingerprint density at radius 3 is 2.02 bits per heavy atom. The normalized spacial score (nSPS) is 11.4. The first-order valence-corrected chi connectivity index (χ1v) is 14.9. The zero-order valence-corrected chi connectivity index (χ0v) is 25.1. The van der Waals surface area contributed by atoms with E-state index in [0.29, 0.717) is 50.0 Å². The first kappa shape index (κ1) is 33.3. The molecule has 4 rings (SSSR count). The van der Waals surface area contributed by atoms with Gasteiger partial charge in [0.1, 0.15) is 17.9 Å². The lowest BCUT2D eigenvalue weighted by Gasteiger charge is -2.18. The molecule has 4 aromatic rings. The van der Waals surface area contributed by atoms with Crippen molar-refractivity contribution in [1.29, 1.82) is 0 Å². The summed E-state index contributed by atoms with van der Waals surface area (Å²) in [5, 5.41) is 15.7. The molecule has 4 aromatic carbocycles. The number of alkyl halides is 3. The van der Waals surface area contributed by atoms with Crippen LogP contribution in [0.3, 0.4) is 0 Å². The maximum absolute atomic E-state index is 13.2. The topological polar surface area (TPSA) is 87.7 Å². The van der Waals surface area contributed by atoms with Crippen molar-refractivity contribution in [3.63, 3.8) is 0 Å². The maximum atomic E-state index is 13.2. The molecule has 0 bridgehead atoms. The SMILES string of the molecule is Cc1c(CCNCCOC(=O)c2ccc(CCNC(=O)CC(c3ccccc3)c3ccccc3)cc2)ccc(O)c1C(F)(F)F. The highest BCUT2D eigenvalue weighted by molar-refractivity contribution is 5.89. The van der Waals surface area contributed by atoms with Gasteiger partial charge >= 0.3 is 12.1 Å². The fourth-order valence-corrected chi connectivity index (χ4v) is 5.23. The van der Waals surface area contributed by atoms with Crippen LogP contribution in [-0.4, -0.2) is 43.2 Å². The number of carbonyl (C=O) groups is 2. The number of hydrogen-bond acceptors (Lipinski definition) is 5. The zero-order valence-electron chi connectivity index (χ0n) is 25.1. The number of hydrogen-bond donors (Lipinski definition) is 3. The third-order valence-corrected chi connectivity index (χ3v) is 7.64. The summed E-state index contributed by atoms with van der Waals surface area (Å²) >= 11 is 0. The molecule has 0 aliphatic rings. The van der Waals surface area contributed by atoms with Crippen LogP contribution in [0.15, 0.2) is 97.1 Å². The third kappa shape index (κ3) is 9.68. The molecule has 45 heavy (non-hydrogen) atoms. The van der Waals surface area contributed by atoms with E-state index in [-0.39, 0.29) is 24.0 Å². The Bertz CT molecular complexity index is 1500. The third-order valence-electron chi connectivity index (χ3n) is 7.64. The summed E-state index contributed by atoms with van der Waals surface area (Å²) in [7, 11) is 0. The van der Waals surface area contributed by atoms with E-state index in [2.05, 4.69) is 10.6 Å². The van der Waals surface area contributed by atoms with Gasteiger partial charge in [-0.2, -0.15) is 13.2 Å². The van der Waals surface area contributed by atoms with Gasteiger partial charge in [-0.1, -0.05) is 78.9 Å². The summed E-state index contributed by atoms with van der Waals surface area (Å²) in [6.45, 7) is 2.62. The van der Waals surface area contributed by atoms with Gasteiger partial charge in [-0.15, -0.1) is 0 Å². The predicted molar refractivity (Wildman–Crippen MR) is 167 cm³/mol. The molecule has 0 saturated heterocycles. The lowest BCUT2D eigenvalue weighted by molar-refractivity contribution is -0.139. The molecule has 6 nitrogen and oxygen atoms in total. The average Bonchev–Trinajstić information content (AvgIpc) is 3.03. The number of halogens is 3. The molecule has 0 saturated carbocycles. The van der Waals surface area contributed by atoms with E-state index in [4.69, 9.17) is 4.74 Å². The van der Waals surface area contributed by atoms with Crippen molar-refractivity contribution in [2.75, 3.05) is 26.2 Å². The molecule has 9 heteroatoms. The number of carbonyl (C=O) groups excluding carboxylic acids is 2. The van der Waals surface area contributed by atoms with E-state index in [1.807, 2.05) is 72.8 Å². The smallest absolute Gasteiger partial charge is 0.420 e. The minimum atomic E-state index is -4.63. The lowest BCUT2D eigenvalue weighted by atomic mass is 9.88. The van der Waals surface area contributed by atoms with Gasteiger partial charge in [0.2, 0.25) is 5.91 Å². The van der Waals surface area contributed by atoms with E-state index in [1.54, 1.807) is 12.1 Å². The molecule has 0 heterocycles. The van der Waals surface area contributed by atoms with E-state index in [9.17, 15) is 27.9 Å². The molecular weight excluding hydrogens is 581 g/mol. The summed E-state index contributed by atoms with van der Waals surface area (Å²) in [4.78, 5) is 25.2. The van der Waals surface area contributed by atoms with Gasteiger partial charge in [-0.05, 0) is 72.3 Å². The van der Waals surface area contributed by atoms with Gasteiger partial charge in [-0.25, -0.2) is 4.79 Å². The van der Waals surface area contributed by atoms with Crippen molar-refractivity contribution in [3.8, 4) is 5.75 Å². The molecule has 0 aliphatic carbocycles. The van der Waals surface area contributed by atoms with Crippen molar-refractivity contribution >= 4 is 11.9 Å². The second kappa shape index (κ2) is 15.9. The Balaban J connectivity index is 1.16. The highest BCUT2D eigenvalue weighted by Crippen LogP contribution is 2.39. The highest BCUT2D eigenvalue weighted by atomic mass is 19.4. The Morgan fingerprint density at radius 1 is 0.800 bits per heavy atom. The second-order valence-electron chi connectivity index (χ2n) is 10.8. The van der Waals surface area contributed by atoms with E-state index >= 15 is 0 Å². The predicted octanol–water partition coefficient (Wildman–Crippen LogP) is 6.59. The van der Waals surface area contributed by atoms with Gasteiger partial charge in [0.05, 0.1) is 5.56 Å². The van der Waals surface area contributed by atoms with Crippen molar-refractivity contribution in [2.24, 2.45) is 0 Å². The van der Waals surface area contributed by atoms with Gasteiger partial charge < -0.3 is 20.5 Å². The van der Waals surface area contributed by atoms with Crippen LogP contribution < -0.4 is 10.6 Å². The summed E-state index contributed by atoms with van der Waals surface area (Å²) in [5.41, 5.74) is 3.01. The number of benzene rings is 4. The molecule has 0 radical (unpaired) electrons. The highest BCUT2D eigenvalue weighted by Gasteiger charge is 2.36. The maximum Gasteiger partial charge on any atom is 0.420 e. The monoisotopic (exact) mass is 618 g/mol. The summed E-state index contributed by atoms with van der Waals surface area (Å²) in [6, 6.07) is 29.5. The number of ether oxygens (including phenoxy) is 1. The number of phenolic OH excluding ortho intramolecular Hbond substituents is 1. The number of phenols is 1. The molecule has 0 atom stereocenters. The van der Waals surface area contributed by atoms with E-state index in [1.165, 1.54) is 13.0 Å². The van der Waals surface area contributed by atoms with Crippen LogP contribution in [0.2, 0.25) is 0 Å². The number of amides is 1. The minimum absolute atomic E-state index is 0.00121. The van der Waals surface area contributed by atoms with Gasteiger partial charge in [0.25, 0.3) is 0 Å². The molecule has 0 unspecified atom stereocenters. The quantitative estimate of drug-likeness (QED) is 0.110. The van der Waals surface area contributed by atoms with Crippen molar-refractivity contribution in [1.82, 2.24) is 10.6 Å². The molecule has 1 amide bonds. The summed E-state index contributed by atoms with van der Waals surface area (Å²) < 4.78 is 44.9. The van der Waals surface area contributed by atoms with Crippen LogP contribution in [0.4, 0.5) is 13.2 Å². The summed E-state index contributed by atoms with van der Waals surface area (Å²) in [5.74, 6) is -1.34. The average molecular weight is 619 g/mol. The van der Waals surface area contributed by atoms with Gasteiger partial charge in [-0.3, -0.25) is 4.79 Å². The Morgan fingerprint density at radius 2 is 1.42 bits per heavy atom. The van der Waals surface area contributed by atoms with Gasteiger partial charge in [0.15, 0.2) is 0 Å². The van der Waals surface area contributed by atoms with Gasteiger partial charge in [0, 0.05) is 25.4 Å². The first-order valence-electron chi connectivity index (χ1n) is 14.9. The van der Waals surface area contributed by atoms with Crippen LogP contribution in [0.25, 0.3) is 0 Å². The molecular formula is C36H37F3N2O4. The largest absolute Gasteiger partial charge is 0.507 e. The zero-order chi connectivity index (χ0) is 32.2. The molecule has 0 aromatic heterocycles. The van der Waals surface area contributed by atoms with E-state index < -0.39 is 23.5 Å². The van der Waals surface area contributed by atoms with Crippen molar-refractivity contribution < 1.29 is 32.6 Å². The number of rotatable bonds is 14. The summed E-state index contributed by atoms with van der Waals surface area (Å²) in [6.07, 6.45) is -3.36. The minimum Gasteiger partial charge on any atom is -0.507 e. The first-order chi connectivity index (χ1) is 21.6. The standard InChI is InChI=1S/C36H37F3N2O4/c1-25-27(16-17-32(42)34(25)36(37,38)39)19-20-40-22-23-45-35(44)30-14-12-26(13-15-30)18-21-41-33(43)24-31(28-8-4-2-5-9-28)29-10-6-3-7-11-29/h2-17,31,40,42H,18-24H2,1H3,(H,41,43). The second-order valence-corrected chi connectivity index (χ2v) is 10.8. The molecule has 236 valence electrons. The Kier molecular flexibility index (Phi) is 11.8. The van der Waals surface area contributed by atoms with Crippen molar-refractivity contribution in [3.05, 3.63) is 136 Å². The molecule has 0 aliphatic heterocycles. The fraction of sp³-hybridized carbons (Fsp3) is 0.278. The Hall–Kier alpha value is -4.63. The number of aromatic hydroxyl groups is 1. The molecule has 0 fully saturated rings. The fourth-order valence-electron chi connectivity index (χ4n) is 5.23. The molecule has 3 N–H and O–H groups in total. The van der Waals surface area contributed by atoms with Crippen LogP contribution in [0, 0.1) is 6.92 Å². The lowest BCUT2D eigenvalue weighted by Crippen LogP contribution is -2.27. The van der Waals surface area contributed by atoms with Crippen LogP contribution in [0.1, 0.15) is 56.1 Å². The Labute approximate surface area is 261 Å². The van der Waals surface area contributed by atoms with Crippen LogP contribution >= 0.6 is 0 Å². The van der Waals surface area contributed by atoms with Crippen molar-refractivity contribution in [2.45, 2.75) is 38.3 Å². The van der Waals surface area contributed by atoms with Crippen LogP contribution in [-0.2, 0) is 28.5 Å². The number of nitrogens with one attached hydrogen (secondary N) is 2. The van der Waals surface area contributed by atoms with E-state index in [0.717, 1.165) is 22.8 Å².